The molecule has 0 atom stereocenters. The van der Waals surface area contributed by atoms with Crippen molar-refractivity contribution in [2.75, 3.05) is 0 Å². The Labute approximate surface area is 255 Å². The Bertz CT molecular complexity index is 2480. The number of benzene rings is 7. The molecule has 0 bridgehead atoms. The van der Waals surface area contributed by atoms with Gasteiger partial charge in [0.05, 0.1) is 22.1 Å². The summed E-state index contributed by atoms with van der Waals surface area (Å²) in [5, 5.41) is 5.05. The van der Waals surface area contributed by atoms with Crippen molar-refractivity contribution in [1.82, 2.24) is 9.13 Å². The van der Waals surface area contributed by atoms with Gasteiger partial charge in [0.2, 0.25) is 0 Å². The second-order valence-electron chi connectivity index (χ2n) is 11.4. The van der Waals surface area contributed by atoms with Crippen LogP contribution in [-0.2, 0) is 0 Å². The summed E-state index contributed by atoms with van der Waals surface area (Å²) >= 11 is 0. The lowest BCUT2D eigenvalue weighted by atomic mass is 10.0. The Kier molecular flexibility index (Phi) is 5.54. The molecular weight excluding hydrogens is 532 g/mol. The summed E-state index contributed by atoms with van der Waals surface area (Å²) in [5.41, 5.74) is 12.1. The molecule has 0 saturated heterocycles. The lowest BCUT2D eigenvalue weighted by Gasteiger charge is -2.11. The average Bonchev–Trinajstić information content (AvgIpc) is 3.61. The van der Waals surface area contributed by atoms with Crippen LogP contribution in [-0.4, -0.2) is 9.13 Å². The van der Waals surface area contributed by atoms with Gasteiger partial charge in [-0.05, 0) is 76.9 Å². The Balaban J connectivity index is 1.24. The quantitative estimate of drug-likeness (QED) is 0.203. The van der Waals surface area contributed by atoms with Crippen LogP contribution < -0.4 is 0 Å². The predicted molar refractivity (Wildman–Crippen MR) is 186 cm³/mol. The summed E-state index contributed by atoms with van der Waals surface area (Å²) in [5.74, 6) is 0. The molecule has 0 aliphatic heterocycles. The highest BCUT2D eigenvalue weighted by molar-refractivity contribution is 6.12. The molecule has 9 rings (SSSR count). The SMILES string of the molecule is c1ccc(-c2cccc(-n3c4ccccc4c4cc(-c5ccc6c7ccccc7n(-c7ccccc7)c6c5)ccc43)c2)cc1. The average molecular weight is 561 g/mol. The van der Waals surface area contributed by atoms with Crippen molar-refractivity contribution in [3.63, 3.8) is 0 Å². The van der Waals surface area contributed by atoms with Crippen molar-refractivity contribution in [3.05, 3.63) is 170 Å². The summed E-state index contributed by atoms with van der Waals surface area (Å²) in [6.07, 6.45) is 0. The molecule has 0 fully saturated rings. The Morgan fingerprint density at radius 2 is 0.750 bits per heavy atom. The van der Waals surface area contributed by atoms with E-state index in [-0.39, 0.29) is 0 Å². The zero-order valence-electron chi connectivity index (χ0n) is 24.1. The third-order valence-electron chi connectivity index (χ3n) is 8.91. The van der Waals surface area contributed by atoms with Crippen molar-refractivity contribution in [3.8, 4) is 33.6 Å². The number of para-hydroxylation sites is 3. The van der Waals surface area contributed by atoms with Crippen LogP contribution in [0.5, 0.6) is 0 Å². The Morgan fingerprint density at radius 3 is 1.52 bits per heavy atom. The number of fused-ring (bicyclic) bond motifs is 6. The Hall–Kier alpha value is -5.86. The lowest BCUT2D eigenvalue weighted by molar-refractivity contribution is 1.18. The van der Waals surface area contributed by atoms with Crippen LogP contribution >= 0.6 is 0 Å². The number of nitrogens with zero attached hydrogens (tertiary/aromatic N) is 2. The summed E-state index contributed by atoms with van der Waals surface area (Å²) in [7, 11) is 0. The molecule has 0 aliphatic rings. The van der Waals surface area contributed by atoms with Crippen LogP contribution in [0.15, 0.2) is 170 Å². The highest BCUT2D eigenvalue weighted by Crippen LogP contribution is 2.38. The maximum absolute atomic E-state index is 2.40. The fourth-order valence-electron chi connectivity index (χ4n) is 6.89. The van der Waals surface area contributed by atoms with E-state index in [0.717, 1.165) is 0 Å². The molecule has 0 aliphatic carbocycles. The molecule has 2 heterocycles. The fourth-order valence-corrected chi connectivity index (χ4v) is 6.89. The van der Waals surface area contributed by atoms with Gasteiger partial charge in [0.15, 0.2) is 0 Å². The second-order valence-corrected chi connectivity index (χ2v) is 11.4. The van der Waals surface area contributed by atoms with Gasteiger partial charge in [0.25, 0.3) is 0 Å². The maximum Gasteiger partial charge on any atom is 0.0547 e. The van der Waals surface area contributed by atoms with Crippen LogP contribution in [0.2, 0.25) is 0 Å². The van der Waals surface area contributed by atoms with Gasteiger partial charge in [-0.15, -0.1) is 0 Å². The maximum atomic E-state index is 2.40. The third kappa shape index (κ3) is 3.82. The molecule has 0 spiro atoms. The van der Waals surface area contributed by atoms with E-state index in [1.165, 1.54) is 77.2 Å². The van der Waals surface area contributed by atoms with Crippen LogP contribution in [0.25, 0.3) is 77.2 Å². The molecular formula is C42H28N2. The summed E-state index contributed by atoms with van der Waals surface area (Å²) < 4.78 is 4.79. The van der Waals surface area contributed by atoms with Gasteiger partial charge in [0.1, 0.15) is 0 Å². The van der Waals surface area contributed by atoms with Gasteiger partial charge in [-0.1, -0.05) is 115 Å². The van der Waals surface area contributed by atoms with Crippen LogP contribution in [0.3, 0.4) is 0 Å². The van der Waals surface area contributed by atoms with E-state index < -0.39 is 0 Å². The smallest absolute Gasteiger partial charge is 0.0547 e. The second kappa shape index (κ2) is 9.86. The van der Waals surface area contributed by atoms with E-state index in [1.54, 1.807) is 0 Å². The molecule has 2 aromatic heterocycles. The molecule has 0 unspecified atom stereocenters. The number of hydrogen-bond acceptors (Lipinski definition) is 0. The molecule has 206 valence electrons. The van der Waals surface area contributed by atoms with Gasteiger partial charge in [-0.2, -0.15) is 0 Å². The minimum Gasteiger partial charge on any atom is -0.309 e. The van der Waals surface area contributed by atoms with Crippen LogP contribution in [0, 0.1) is 0 Å². The van der Waals surface area contributed by atoms with Gasteiger partial charge in [-0.3, -0.25) is 0 Å². The monoisotopic (exact) mass is 560 g/mol. The molecule has 0 amide bonds. The minimum absolute atomic E-state index is 1.17. The summed E-state index contributed by atoms with van der Waals surface area (Å²) in [6, 6.07) is 61.4. The topological polar surface area (TPSA) is 9.86 Å². The molecule has 0 radical (unpaired) electrons. The van der Waals surface area contributed by atoms with Crippen LogP contribution in [0.4, 0.5) is 0 Å². The van der Waals surface area contributed by atoms with Crippen molar-refractivity contribution in [2.24, 2.45) is 0 Å². The number of aromatic nitrogens is 2. The molecule has 7 aromatic carbocycles. The van der Waals surface area contributed by atoms with E-state index in [0.29, 0.717) is 0 Å². The van der Waals surface area contributed by atoms with E-state index in [4.69, 9.17) is 0 Å². The fraction of sp³-hybridized carbons (Fsp3) is 0. The molecule has 9 aromatic rings. The third-order valence-corrected chi connectivity index (χ3v) is 8.91. The van der Waals surface area contributed by atoms with E-state index in [1.807, 2.05) is 0 Å². The highest BCUT2D eigenvalue weighted by Gasteiger charge is 2.16. The van der Waals surface area contributed by atoms with Crippen molar-refractivity contribution < 1.29 is 0 Å². The van der Waals surface area contributed by atoms with Gasteiger partial charge in [-0.25, -0.2) is 0 Å². The number of hydrogen-bond donors (Lipinski definition) is 0. The zero-order valence-corrected chi connectivity index (χ0v) is 24.1. The van der Waals surface area contributed by atoms with E-state index >= 15 is 0 Å². The first-order valence-electron chi connectivity index (χ1n) is 15.1. The first-order chi connectivity index (χ1) is 21.8. The first-order valence-corrected chi connectivity index (χ1v) is 15.1. The summed E-state index contributed by atoms with van der Waals surface area (Å²) in [6.45, 7) is 0. The normalized spacial score (nSPS) is 11.6. The van der Waals surface area contributed by atoms with Crippen molar-refractivity contribution >= 4 is 43.6 Å². The largest absolute Gasteiger partial charge is 0.309 e. The zero-order chi connectivity index (χ0) is 29.0. The lowest BCUT2D eigenvalue weighted by Crippen LogP contribution is -1.94. The molecule has 2 nitrogen and oxygen atoms in total. The van der Waals surface area contributed by atoms with Gasteiger partial charge in [0, 0.05) is 32.9 Å². The van der Waals surface area contributed by atoms with Crippen molar-refractivity contribution in [2.45, 2.75) is 0 Å². The van der Waals surface area contributed by atoms with E-state index in [9.17, 15) is 0 Å². The standard InChI is InChI=1S/C42H28N2/c1-3-12-29(13-4-1)30-14-11-17-34(26-30)44-40-21-10-8-19-36(40)38-27-31(23-25-41(38)44)32-22-24-37-35-18-7-9-20-39(35)43(42(37)28-32)33-15-5-2-6-16-33/h1-28H. The molecule has 2 heteroatoms. The Morgan fingerprint density at radius 1 is 0.250 bits per heavy atom. The van der Waals surface area contributed by atoms with Gasteiger partial charge < -0.3 is 9.13 Å². The van der Waals surface area contributed by atoms with Crippen LogP contribution in [0.1, 0.15) is 0 Å². The minimum atomic E-state index is 1.17. The molecule has 44 heavy (non-hydrogen) atoms. The molecule has 0 saturated carbocycles. The van der Waals surface area contributed by atoms with E-state index in [2.05, 4.69) is 179 Å². The highest BCUT2D eigenvalue weighted by atomic mass is 15.0. The number of rotatable bonds is 4. The predicted octanol–water partition coefficient (Wildman–Crippen LogP) is 11.2. The van der Waals surface area contributed by atoms with Crippen molar-refractivity contribution in [1.29, 1.82) is 0 Å². The molecule has 0 N–H and O–H groups in total. The van der Waals surface area contributed by atoms with Gasteiger partial charge >= 0.3 is 0 Å². The first kappa shape index (κ1) is 24.7. The summed E-state index contributed by atoms with van der Waals surface area (Å²) in [4.78, 5) is 0.